The van der Waals surface area contributed by atoms with Crippen molar-refractivity contribution in [2.24, 2.45) is 0 Å². The predicted molar refractivity (Wildman–Crippen MR) is 60.4 cm³/mol. The van der Waals surface area contributed by atoms with Crippen LogP contribution in [0.2, 0.25) is 5.02 Å². The molecule has 1 aromatic carbocycles. The molecule has 3 heteroatoms. The first-order valence-electron chi connectivity index (χ1n) is 5.37. The number of nitrogens with one attached hydrogen (secondary N) is 1. The smallest absolute Gasteiger partial charge is 0.0784 e. The van der Waals surface area contributed by atoms with Crippen molar-refractivity contribution in [3.05, 3.63) is 33.8 Å². The van der Waals surface area contributed by atoms with Gasteiger partial charge in [0.15, 0.2) is 0 Å². The molecular formula is C12H14ClNO. The summed E-state index contributed by atoms with van der Waals surface area (Å²) in [5.41, 5.74) is 3.83. The van der Waals surface area contributed by atoms with E-state index in [1.807, 2.05) is 6.92 Å². The maximum atomic E-state index is 6.17. The zero-order valence-electron chi connectivity index (χ0n) is 8.72. The zero-order valence-corrected chi connectivity index (χ0v) is 9.47. The average molecular weight is 224 g/mol. The molecule has 1 N–H and O–H groups in total. The Kier molecular flexibility index (Phi) is 2.23. The largest absolute Gasteiger partial charge is 0.372 e. The lowest BCUT2D eigenvalue weighted by molar-refractivity contribution is 0.0299. The second kappa shape index (κ2) is 3.48. The second-order valence-electron chi connectivity index (χ2n) is 4.41. The van der Waals surface area contributed by atoms with Gasteiger partial charge in [-0.25, -0.2) is 0 Å². The highest BCUT2D eigenvalue weighted by Crippen LogP contribution is 2.36. The van der Waals surface area contributed by atoms with Crippen LogP contribution in [0, 0.1) is 6.92 Å². The molecule has 2 heterocycles. The Hall–Kier alpha value is -0.570. The second-order valence-corrected chi connectivity index (χ2v) is 4.82. The monoisotopic (exact) mass is 223 g/mol. The molecule has 2 nitrogen and oxygen atoms in total. The Bertz CT molecular complexity index is 405. The number of benzene rings is 1. The number of aryl methyl sites for hydroxylation is 1. The van der Waals surface area contributed by atoms with E-state index < -0.39 is 0 Å². The van der Waals surface area contributed by atoms with Gasteiger partial charge in [0.25, 0.3) is 0 Å². The molecule has 2 unspecified atom stereocenters. The minimum absolute atomic E-state index is 0.344. The molecule has 15 heavy (non-hydrogen) atoms. The first-order chi connectivity index (χ1) is 7.25. The van der Waals surface area contributed by atoms with Crippen LogP contribution < -0.4 is 5.32 Å². The Morgan fingerprint density at radius 3 is 3.13 bits per heavy atom. The van der Waals surface area contributed by atoms with Gasteiger partial charge in [-0.1, -0.05) is 17.7 Å². The van der Waals surface area contributed by atoms with Gasteiger partial charge in [0, 0.05) is 24.0 Å². The van der Waals surface area contributed by atoms with Crippen molar-refractivity contribution >= 4 is 11.6 Å². The van der Waals surface area contributed by atoms with Crippen LogP contribution in [0.5, 0.6) is 0 Å². The highest BCUT2D eigenvalue weighted by molar-refractivity contribution is 6.31. The fourth-order valence-electron chi connectivity index (χ4n) is 2.56. The summed E-state index contributed by atoms with van der Waals surface area (Å²) < 4.78 is 5.82. The Morgan fingerprint density at radius 1 is 1.40 bits per heavy atom. The molecule has 80 valence electrons. The first-order valence-corrected chi connectivity index (χ1v) is 5.75. The van der Waals surface area contributed by atoms with Gasteiger partial charge in [0.1, 0.15) is 0 Å². The van der Waals surface area contributed by atoms with E-state index >= 15 is 0 Å². The zero-order chi connectivity index (χ0) is 10.4. The molecule has 2 aliphatic heterocycles. The van der Waals surface area contributed by atoms with Crippen molar-refractivity contribution in [3.8, 4) is 0 Å². The lowest BCUT2D eigenvalue weighted by Gasteiger charge is -2.28. The Balaban J connectivity index is 2.09. The molecule has 0 spiro atoms. The molecule has 0 saturated carbocycles. The fraction of sp³-hybridized carbons (Fsp3) is 0.500. The van der Waals surface area contributed by atoms with E-state index in [4.69, 9.17) is 16.3 Å². The van der Waals surface area contributed by atoms with Crippen molar-refractivity contribution in [2.45, 2.75) is 25.6 Å². The van der Waals surface area contributed by atoms with Crippen LogP contribution in [0.15, 0.2) is 12.1 Å². The van der Waals surface area contributed by atoms with Gasteiger partial charge in [-0.15, -0.1) is 0 Å². The SMILES string of the molecule is Cc1cc2c(cc1Cl)C1CNCC1OC2. The highest BCUT2D eigenvalue weighted by Gasteiger charge is 2.34. The van der Waals surface area contributed by atoms with Gasteiger partial charge in [0.05, 0.1) is 12.7 Å². The summed E-state index contributed by atoms with van der Waals surface area (Å²) in [7, 11) is 0. The van der Waals surface area contributed by atoms with Crippen molar-refractivity contribution in [3.63, 3.8) is 0 Å². The van der Waals surface area contributed by atoms with E-state index in [0.29, 0.717) is 12.0 Å². The van der Waals surface area contributed by atoms with Crippen molar-refractivity contribution in [1.29, 1.82) is 0 Å². The molecule has 2 aliphatic rings. The quantitative estimate of drug-likeness (QED) is 0.729. The molecule has 0 bridgehead atoms. The number of halogens is 1. The van der Waals surface area contributed by atoms with Crippen molar-refractivity contribution in [1.82, 2.24) is 5.32 Å². The average Bonchev–Trinajstić information content (AvgIpc) is 2.68. The summed E-state index contributed by atoms with van der Waals surface area (Å²) >= 11 is 6.17. The van der Waals surface area contributed by atoms with E-state index in [-0.39, 0.29) is 0 Å². The normalized spacial score (nSPS) is 28.7. The van der Waals surface area contributed by atoms with E-state index in [1.165, 1.54) is 11.1 Å². The maximum absolute atomic E-state index is 6.17. The molecule has 0 amide bonds. The van der Waals surface area contributed by atoms with Gasteiger partial charge in [-0.2, -0.15) is 0 Å². The molecule has 1 aromatic rings. The third kappa shape index (κ3) is 1.48. The molecule has 0 aliphatic carbocycles. The minimum atomic E-state index is 0.344. The van der Waals surface area contributed by atoms with Gasteiger partial charge in [0.2, 0.25) is 0 Å². The van der Waals surface area contributed by atoms with E-state index in [1.54, 1.807) is 0 Å². The molecule has 1 fully saturated rings. The van der Waals surface area contributed by atoms with Crippen LogP contribution in [-0.2, 0) is 11.3 Å². The highest BCUT2D eigenvalue weighted by atomic mass is 35.5. The predicted octanol–water partition coefficient (Wildman–Crippen LogP) is 2.23. The summed E-state index contributed by atoms with van der Waals surface area (Å²) in [4.78, 5) is 0. The minimum Gasteiger partial charge on any atom is -0.372 e. The van der Waals surface area contributed by atoms with E-state index in [9.17, 15) is 0 Å². The molecule has 1 saturated heterocycles. The van der Waals surface area contributed by atoms with Gasteiger partial charge in [-0.3, -0.25) is 0 Å². The number of hydrogen-bond donors (Lipinski definition) is 1. The molecule has 0 aromatic heterocycles. The van der Waals surface area contributed by atoms with Crippen LogP contribution in [-0.4, -0.2) is 19.2 Å². The number of fused-ring (bicyclic) bond motifs is 3. The first kappa shape index (κ1) is 9.64. The van der Waals surface area contributed by atoms with Crippen molar-refractivity contribution < 1.29 is 4.74 Å². The fourth-order valence-corrected chi connectivity index (χ4v) is 2.74. The summed E-state index contributed by atoms with van der Waals surface area (Å²) in [6.07, 6.45) is 0.344. The lowest BCUT2D eigenvalue weighted by atomic mass is 9.89. The van der Waals surface area contributed by atoms with Crippen LogP contribution >= 0.6 is 11.6 Å². The van der Waals surface area contributed by atoms with E-state index in [0.717, 1.165) is 30.3 Å². The van der Waals surface area contributed by atoms with Gasteiger partial charge < -0.3 is 10.1 Å². The number of rotatable bonds is 0. The Labute approximate surface area is 94.6 Å². The topological polar surface area (TPSA) is 21.3 Å². The summed E-state index contributed by atoms with van der Waals surface area (Å²) in [5, 5.41) is 4.25. The number of ether oxygens (including phenoxy) is 1. The van der Waals surface area contributed by atoms with Gasteiger partial charge in [-0.05, 0) is 29.7 Å². The third-order valence-electron chi connectivity index (χ3n) is 3.43. The van der Waals surface area contributed by atoms with Crippen molar-refractivity contribution in [2.75, 3.05) is 13.1 Å². The molecular weight excluding hydrogens is 210 g/mol. The maximum Gasteiger partial charge on any atom is 0.0784 e. The van der Waals surface area contributed by atoms with Gasteiger partial charge >= 0.3 is 0 Å². The molecule has 2 atom stereocenters. The standard InChI is InChI=1S/C12H14ClNO/c1-7-2-8-6-15-12-5-14-4-10(12)9(8)3-11(7)13/h2-3,10,12,14H,4-6H2,1H3. The summed E-state index contributed by atoms with van der Waals surface area (Å²) in [6.45, 7) is 4.75. The summed E-state index contributed by atoms with van der Waals surface area (Å²) in [6, 6.07) is 4.28. The van der Waals surface area contributed by atoms with Crippen LogP contribution in [0.4, 0.5) is 0 Å². The lowest BCUT2D eigenvalue weighted by Crippen LogP contribution is -2.26. The van der Waals surface area contributed by atoms with Crippen LogP contribution in [0.1, 0.15) is 22.6 Å². The summed E-state index contributed by atoms with van der Waals surface area (Å²) in [5.74, 6) is 0.492. The van der Waals surface area contributed by atoms with E-state index in [2.05, 4.69) is 17.4 Å². The molecule has 3 rings (SSSR count). The van der Waals surface area contributed by atoms with Crippen LogP contribution in [0.25, 0.3) is 0 Å². The third-order valence-corrected chi connectivity index (χ3v) is 3.84. The Morgan fingerprint density at radius 2 is 2.27 bits per heavy atom. The number of hydrogen-bond acceptors (Lipinski definition) is 2. The van der Waals surface area contributed by atoms with Crippen LogP contribution in [0.3, 0.4) is 0 Å². The molecule has 0 radical (unpaired) electrons.